The van der Waals surface area contributed by atoms with Crippen LogP contribution in [0.15, 0.2) is 30.3 Å². The van der Waals surface area contributed by atoms with Crippen LogP contribution in [-0.4, -0.2) is 18.0 Å². The minimum Gasteiger partial charge on any atom is -0.293 e. The molecule has 3 rings (SSSR count). The molecule has 1 saturated carbocycles. The van der Waals surface area contributed by atoms with Gasteiger partial charge in [-0.25, -0.2) is 0 Å². The molecule has 1 aromatic rings. The van der Waals surface area contributed by atoms with E-state index in [1.165, 1.54) is 51.6 Å². The fourth-order valence-corrected chi connectivity index (χ4v) is 4.68. The number of likely N-dealkylation sites (tertiary alicyclic amines) is 1. The van der Waals surface area contributed by atoms with Crippen LogP contribution in [-0.2, 0) is 5.54 Å². The molecule has 0 amide bonds. The van der Waals surface area contributed by atoms with Crippen molar-refractivity contribution < 1.29 is 0 Å². The third-order valence-corrected chi connectivity index (χ3v) is 5.47. The summed E-state index contributed by atoms with van der Waals surface area (Å²) in [5.74, 6) is 1.70. The Morgan fingerprint density at radius 2 is 1.50 bits per heavy atom. The lowest BCUT2D eigenvalue weighted by atomic mass is 9.73. The summed E-state index contributed by atoms with van der Waals surface area (Å²) in [5, 5.41) is 0. The summed E-state index contributed by atoms with van der Waals surface area (Å²) in [7, 11) is 0. The van der Waals surface area contributed by atoms with E-state index in [0.29, 0.717) is 5.54 Å². The Labute approximate surface area is 124 Å². The number of nitrogens with zero attached hydrogens (tertiary/aromatic N) is 1. The van der Waals surface area contributed by atoms with Crippen LogP contribution in [0, 0.1) is 11.8 Å². The Hall–Kier alpha value is -0.820. The fraction of sp³-hybridized carbons (Fsp3) is 0.684. The van der Waals surface area contributed by atoms with E-state index in [1.54, 1.807) is 5.56 Å². The molecule has 2 fully saturated rings. The molecule has 2 aliphatic rings. The topological polar surface area (TPSA) is 3.24 Å². The predicted octanol–water partition coefficient (Wildman–Crippen LogP) is 4.82. The zero-order valence-corrected chi connectivity index (χ0v) is 13.1. The number of hydrogen-bond donors (Lipinski definition) is 0. The van der Waals surface area contributed by atoms with Crippen molar-refractivity contribution in [2.75, 3.05) is 13.1 Å². The molecule has 1 heteroatoms. The standard InChI is InChI=1S/C19H29N/c1-16-13-17(2)15-20(14-16)19(11-7-4-8-12-19)18-9-5-3-6-10-18/h3,5-6,9-10,16-17H,4,7-8,11-15H2,1-2H3. The molecule has 2 unspecified atom stereocenters. The van der Waals surface area contributed by atoms with Crippen LogP contribution in [0.25, 0.3) is 0 Å². The summed E-state index contributed by atoms with van der Waals surface area (Å²) < 4.78 is 0. The first-order valence-electron chi connectivity index (χ1n) is 8.51. The molecule has 0 radical (unpaired) electrons. The van der Waals surface area contributed by atoms with Crippen LogP contribution < -0.4 is 0 Å². The number of benzene rings is 1. The van der Waals surface area contributed by atoms with E-state index in [1.807, 2.05) is 0 Å². The van der Waals surface area contributed by atoms with E-state index < -0.39 is 0 Å². The van der Waals surface area contributed by atoms with Crippen LogP contribution in [0.2, 0.25) is 0 Å². The highest BCUT2D eigenvalue weighted by Gasteiger charge is 2.41. The van der Waals surface area contributed by atoms with Gasteiger partial charge in [-0.2, -0.15) is 0 Å². The quantitative estimate of drug-likeness (QED) is 0.745. The van der Waals surface area contributed by atoms with Crippen molar-refractivity contribution in [3.63, 3.8) is 0 Å². The van der Waals surface area contributed by atoms with Gasteiger partial charge < -0.3 is 0 Å². The third-order valence-electron chi connectivity index (χ3n) is 5.47. The van der Waals surface area contributed by atoms with Crippen molar-refractivity contribution >= 4 is 0 Å². The van der Waals surface area contributed by atoms with Crippen molar-refractivity contribution in [2.45, 2.75) is 57.9 Å². The first kappa shape index (κ1) is 14.1. The van der Waals surface area contributed by atoms with E-state index in [2.05, 4.69) is 49.1 Å². The second-order valence-corrected chi connectivity index (χ2v) is 7.31. The maximum Gasteiger partial charge on any atom is 0.0460 e. The maximum absolute atomic E-state index is 2.85. The van der Waals surface area contributed by atoms with Gasteiger partial charge in [0.05, 0.1) is 0 Å². The lowest BCUT2D eigenvalue weighted by molar-refractivity contribution is -0.00412. The molecule has 0 bridgehead atoms. The summed E-state index contributed by atoms with van der Waals surface area (Å²) in [6.07, 6.45) is 8.34. The van der Waals surface area contributed by atoms with Gasteiger partial charge in [-0.05, 0) is 36.7 Å². The molecule has 1 aliphatic carbocycles. The van der Waals surface area contributed by atoms with Gasteiger partial charge in [0.25, 0.3) is 0 Å². The van der Waals surface area contributed by atoms with Crippen molar-refractivity contribution in [1.29, 1.82) is 0 Å². The van der Waals surface area contributed by atoms with Crippen LogP contribution in [0.3, 0.4) is 0 Å². The molecular formula is C19H29N. The highest BCUT2D eigenvalue weighted by molar-refractivity contribution is 5.25. The smallest absolute Gasteiger partial charge is 0.0460 e. The number of rotatable bonds is 2. The average Bonchev–Trinajstić information content (AvgIpc) is 2.48. The van der Waals surface area contributed by atoms with Gasteiger partial charge in [-0.15, -0.1) is 0 Å². The van der Waals surface area contributed by atoms with Crippen molar-refractivity contribution in [1.82, 2.24) is 4.90 Å². The lowest BCUT2D eigenvalue weighted by Gasteiger charge is -2.51. The normalized spacial score (nSPS) is 31.1. The second kappa shape index (κ2) is 5.89. The fourth-order valence-electron chi connectivity index (χ4n) is 4.68. The molecule has 1 saturated heterocycles. The monoisotopic (exact) mass is 271 g/mol. The molecule has 1 aromatic carbocycles. The van der Waals surface area contributed by atoms with Crippen molar-refractivity contribution in [3.8, 4) is 0 Å². The SMILES string of the molecule is CC1CC(C)CN(C2(c3ccccc3)CCCCC2)C1. The Kier molecular flexibility index (Phi) is 4.16. The Morgan fingerprint density at radius 1 is 0.900 bits per heavy atom. The highest BCUT2D eigenvalue weighted by atomic mass is 15.2. The molecule has 20 heavy (non-hydrogen) atoms. The predicted molar refractivity (Wildman–Crippen MR) is 85.7 cm³/mol. The minimum atomic E-state index is 0.336. The largest absolute Gasteiger partial charge is 0.293 e. The summed E-state index contributed by atoms with van der Waals surface area (Å²) in [6, 6.07) is 11.3. The van der Waals surface area contributed by atoms with Crippen molar-refractivity contribution in [2.24, 2.45) is 11.8 Å². The van der Waals surface area contributed by atoms with Crippen LogP contribution in [0.4, 0.5) is 0 Å². The van der Waals surface area contributed by atoms with Crippen LogP contribution in [0.1, 0.15) is 57.9 Å². The Bertz CT molecular complexity index is 409. The zero-order chi connectivity index (χ0) is 14.0. The molecule has 1 heterocycles. The molecule has 1 nitrogen and oxygen atoms in total. The molecular weight excluding hydrogens is 242 g/mol. The number of hydrogen-bond acceptors (Lipinski definition) is 1. The third kappa shape index (κ3) is 2.65. The molecule has 0 aromatic heterocycles. The van der Waals surface area contributed by atoms with Gasteiger partial charge in [-0.1, -0.05) is 63.4 Å². The molecule has 1 aliphatic heterocycles. The molecule has 0 spiro atoms. The van der Waals surface area contributed by atoms with Crippen LogP contribution >= 0.6 is 0 Å². The highest BCUT2D eigenvalue weighted by Crippen LogP contribution is 2.44. The van der Waals surface area contributed by atoms with Gasteiger partial charge >= 0.3 is 0 Å². The van der Waals surface area contributed by atoms with E-state index in [9.17, 15) is 0 Å². The molecule has 2 atom stereocenters. The van der Waals surface area contributed by atoms with Crippen LogP contribution in [0.5, 0.6) is 0 Å². The lowest BCUT2D eigenvalue weighted by Crippen LogP contribution is -2.53. The number of piperidine rings is 1. The van der Waals surface area contributed by atoms with Gasteiger partial charge in [-0.3, -0.25) is 4.90 Å². The minimum absolute atomic E-state index is 0.336. The summed E-state index contributed by atoms with van der Waals surface area (Å²) in [4.78, 5) is 2.85. The average molecular weight is 271 g/mol. The van der Waals surface area contributed by atoms with Gasteiger partial charge in [0.2, 0.25) is 0 Å². The van der Waals surface area contributed by atoms with E-state index >= 15 is 0 Å². The van der Waals surface area contributed by atoms with Gasteiger partial charge in [0, 0.05) is 18.6 Å². The summed E-state index contributed by atoms with van der Waals surface area (Å²) in [6.45, 7) is 7.45. The zero-order valence-electron chi connectivity index (χ0n) is 13.1. The van der Waals surface area contributed by atoms with Gasteiger partial charge in [0.1, 0.15) is 0 Å². The maximum atomic E-state index is 2.85. The first-order chi connectivity index (χ1) is 9.71. The summed E-state index contributed by atoms with van der Waals surface area (Å²) >= 11 is 0. The Balaban J connectivity index is 1.93. The van der Waals surface area contributed by atoms with E-state index in [0.717, 1.165) is 11.8 Å². The van der Waals surface area contributed by atoms with E-state index in [4.69, 9.17) is 0 Å². The van der Waals surface area contributed by atoms with E-state index in [-0.39, 0.29) is 0 Å². The second-order valence-electron chi connectivity index (χ2n) is 7.31. The Morgan fingerprint density at radius 3 is 2.10 bits per heavy atom. The van der Waals surface area contributed by atoms with Gasteiger partial charge in [0.15, 0.2) is 0 Å². The first-order valence-corrected chi connectivity index (χ1v) is 8.51. The molecule has 0 N–H and O–H groups in total. The van der Waals surface area contributed by atoms with Crippen molar-refractivity contribution in [3.05, 3.63) is 35.9 Å². The molecule has 110 valence electrons. The summed E-state index contributed by atoms with van der Waals surface area (Å²) in [5.41, 5.74) is 1.91.